The summed E-state index contributed by atoms with van der Waals surface area (Å²) in [6.07, 6.45) is 0.734. The molecule has 0 fully saturated rings. The SMILES string of the molecule is Cc1ccc(O)c(C(=O)C2=CNC(=S)N3C(=N)c4c(oc(-c5ccccc5)c4-c4ccccc4)N[C@@H]23)c1. The molecule has 0 saturated carbocycles. The molecule has 2 aliphatic heterocycles. The molecular formula is C29H22N4O3S. The third kappa shape index (κ3) is 3.70. The van der Waals surface area contributed by atoms with Crippen LogP contribution in [0.15, 0.2) is 95.1 Å². The lowest BCUT2D eigenvalue weighted by Crippen LogP contribution is -2.58. The van der Waals surface area contributed by atoms with Crippen molar-refractivity contribution in [1.29, 1.82) is 5.41 Å². The molecule has 0 unspecified atom stereocenters. The lowest BCUT2D eigenvalue weighted by molar-refractivity contribution is 0.102. The molecule has 3 heterocycles. The lowest BCUT2D eigenvalue weighted by atomic mass is 9.93. The summed E-state index contributed by atoms with van der Waals surface area (Å²) in [5.41, 5.74) is 4.38. The first-order chi connectivity index (χ1) is 17.9. The van der Waals surface area contributed by atoms with Crippen LogP contribution in [0.4, 0.5) is 5.88 Å². The number of phenolic OH excluding ortho intramolecular Hbond substituents is 1. The van der Waals surface area contributed by atoms with Crippen LogP contribution >= 0.6 is 12.2 Å². The van der Waals surface area contributed by atoms with Gasteiger partial charge in [0.2, 0.25) is 5.88 Å². The second-order valence-electron chi connectivity index (χ2n) is 8.91. The number of amidine groups is 1. The number of aromatic hydroxyl groups is 1. The molecule has 37 heavy (non-hydrogen) atoms. The highest BCUT2D eigenvalue weighted by molar-refractivity contribution is 7.80. The van der Waals surface area contributed by atoms with Crippen molar-refractivity contribution in [3.05, 3.63) is 107 Å². The molecule has 0 spiro atoms. The maximum absolute atomic E-state index is 13.6. The number of carbonyl (C=O) groups is 1. The standard InChI is InChI=1S/C29H22N4O3S/c1-16-12-13-21(34)19(14-16)24(35)20-15-31-29(37)33-26(30)23-22(17-8-4-2-5-9-17)25(18-10-6-3-7-11-18)36-28(23)32-27(20)33/h2-15,27,30,32,34H,1H3,(H,31,37)/t27-/m1/s1. The van der Waals surface area contributed by atoms with Crippen molar-refractivity contribution >= 4 is 34.8 Å². The summed E-state index contributed by atoms with van der Waals surface area (Å²) >= 11 is 5.57. The Hall–Kier alpha value is -4.69. The van der Waals surface area contributed by atoms with Crippen molar-refractivity contribution in [2.45, 2.75) is 13.1 Å². The van der Waals surface area contributed by atoms with Gasteiger partial charge in [-0.1, -0.05) is 72.3 Å². The van der Waals surface area contributed by atoms with Gasteiger partial charge in [-0.2, -0.15) is 0 Å². The van der Waals surface area contributed by atoms with E-state index in [9.17, 15) is 15.3 Å². The van der Waals surface area contributed by atoms with Crippen molar-refractivity contribution < 1.29 is 14.3 Å². The molecule has 0 amide bonds. The van der Waals surface area contributed by atoms with Gasteiger partial charge in [-0.05, 0) is 36.8 Å². The molecule has 2 aliphatic rings. The minimum absolute atomic E-state index is 0.105. The van der Waals surface area contributed by atoms with Gasteiger partial charge in [0, 0.05) is 17.3 Å². The third-order valence-corrected chi connectivity index (χ3v) is 6.85. The number of rotatable bonds is 4. The first-order valence-corrected chi connectivity index (χ1v) is 12.1. The summed E-state index contributed by atoms with van der Waals surface area (Å²) in [6.45, 7) is 1.85. The zero-order valence-corrected chi connectivity index (χ0v) is 20.6. The summed E-state index contributed by atoms with van der Waals surface area (Å²) < 4.78 is 6.38. The van der Waals surface area contributed by atoms with E-state index < -0.39 is 6.17 Å². The molecule has 4 N–H and O–H groups in total. The fourth-order valence-corrected chi connectivity index (χ4v) is 5.03. The molecule has 3 aromatic carbocycles. The summed E-state index contributed by atoms with van der Waals surface area (Å²) in [5, 5.41) is 26.2. The number of hydrogen-bond donors (Lipinski definition) is 4. The monoisotopic (exact) mass is 506 g/mol. The van der Waals surface area contributed by atoms with Gasteiger partial charge in [-0.15, -0.1) is 0 Å². The van der Waals surface area contributed by atoms with E-state index in [0.717, 1.165) is 22.3 Å². The fraction of sp³-hybridized carbons (Fsp3) is 0.0690. The predicted molar refractivity (Wildman–Crippen MR) is 147 cm³/mol. The lowest BCUT2D eigenvalue weighted by Gasteiger charge is -2.41. The molecule has 8 heteroatoms. The van der Waals surface area contributed by atoms with Crippen LogP contribution in [0.3, 0.4) is 0 Å². The smallest absolute Gasteiger partial charge is 0.207 e. The number of aryl methyl sites for hydroxylation is 1. The van der Waals surface area contributed by atoms with Crippen LogP contribution in [0.25, 0.3) is 22.5 Å². The van der Waals surface area contributed by atoms with Gasteiger partial charge >= 0.3 is 0 Å². The van der Waals surface area contributed by atoms with Gasteiger partial charge in [0.25, 0.3) is 0 Å². The summed E-state index contributed by atoms with van der Waals surface area (Å²) in [4.78, 5) is 15.2. The number of ketones is 1. The normalized spacial score (nSPS) is 16.3. The summed E-state index contributed by atoms with van der Waals surface area (Å²) in [6, 6.07) is 24.3. The number of carbonyl (C=O) groups excluding carboxylic acids is 1. The van der Waals surface area contributed by atoms with Gasteiger partial charge in [-0.3, -0.25) is 15.1 Å². The molecule has 1 aromatic heterocycles. The van der Waals surface area contributed by atoms with E-state index in [1.807, 2.05) is 67.6 Å². The number of nitrogens with zero attached hydrogens (tertiary/aromatic N) is 1. The minimum atomic E-state index is -0.792. The maximum atomic E-state index is 13.6. The van der Waals surface area contributed by atoms with E-state index in [4.69, 9.17) is 16.6 Å². The molecule has 6 rings (SSSR count). The Bertz CT molecular complexity index is 1610. The average Bonchev–Trinajstić information content (AvgIpc) is 3.31. The summed E-state index contributed by atoms with van der Waals surface area (Å²) in [5.74, 6) is 0.598. The Morgan fingerprint density at radius 2 is 1.68 bits per heavy atom. The van der Waals surface area contributed by atoms with Crippen molar-refractivity contribution in [2.75, 3.05) is 5.32 Å². The number of phenols is 1. The van der Waals surface area contributed by atoms with Crippen LogP contribution in [0, 0.1) is 12.3 Å². The van der Waals surface area contributed by atoms with E-state index in [-0.39, 0.29) is 28.0 Å². The largest absolute Gasteiger partial charge is 0.507 e. The molecule has 0 bridgehead atoms. The van der Waals surface area contributed by atoms with Crippen LogP contribution in [0.5, 0.6) is 5.75 Å². The number of benzene rings is 3. The highest BCUT2D eigenvalue weighted by atomic mass is 32.1. The Labute approximate surface area is 218 Å². The first-order valence-electron chi connectivity index (χ1n) is 11.7. The summed E-state index contributed by atoms with van der Waals surface area (Å²) in [7, 11) is 0. The number of anilines is 1. The number of hydrogen-bond acceptors (Lipinski definition) is 6. The predicted octanol–water partition coefficient (Wildman–Crippen LogP) is 5.66. The van der Waals surface area contributed by atoms with Gasteiger partial charge in [0.15, 0.2) is 10.9 Å². The topological polar surface area (TPSA) is 102 Å². The van der Waals surface area contributed by atoms with E-state index in [2.05, 4.69) is 10.6 Å². The third-order valence-electron chi connectivity index (χ3n) is 6.53. The molecular weight excluding hydrogens is 484 g/mol. The minimum Gasteiger partial charge on any atom is -0.507 e. The number of Topliss-reactive ketones (excluding diaryl/α,β-unsaturated/α-hetero) is 1. The number of fused-ring (bicyclic) bond motifs is 2. The number of furan rings is 1. The van der Waals surface area contributed by atoms with Gasteiger partial charge in [0.1, 0.15) is 23.5 Å². The Morgan fingerprint density at radius 1 is 1.00 bits per heavy atom. The van der Waals surface area contributed by atoms with E-state index >= 15 is 0 Å². The number of thiocarbonyl (C=S) groups is 1. The highest BCUT2D eigenvalue weighted by Gasteiger charge is 2.43. The van der Waals surface area contributed by atoms with Crippen molar-refractivity contribution in [2.24, 2.45) is 0 Å². The number of nitrogens with one attached hydrogen (secondary N) is 3. The highest BCUT2D eigenvalue weighted by Crippen LogP contribution is 2.45. The Morgan fingerprint density at radius 3 is 2.38 bits per heavy atom. The molecule has 0 aliphatic carbocycles. The average molecular weight is 507 g/mol. The molecule has 182 valence electrons. The first kappa shape index (κ1) is 22.8. The van der Waals surface area contributed by atoms with Crippen molar-refractivity contribution in [3.8, 4) is 28.2 Å². The second-order valence-corrected chi connectivity index (χ2v) is 9.29. The van der Waals surface area contributed by atoms with Crippen LogP contribution in [-0.2, 0) is 0 Å². The maximum Gasteiger partial charge on any atom is 0.207 e. The molecule has 1 atom stereocenters. The fourth-order valence-electron chi connectivity index (χ4n) is 4.77. The van der Waals surface area contributed by atoms with Gasteiger partial charge < -0.3 is 20.2 Å². The van der Waals surface area contributed by atoms with E-state index in [1.165, 1.54) is 12.3 Å². The zero-order chi connectivity index (χ0) is 25.7. The molecule has 7 nitrogen and oxygen atoms in total. The van der Waals surface area contributed by atoms with Gasteiger partial charge in [-0.25, -0.2) is 0 Å². The quantitative estimate of drug-likeness (QED) is 0.209. The Balaban J connectivity index is 1.51. The Kier molecular flexibility index (Phi) is 5.39. The second kappa shape index (κ2) is 8.76. The van der Waals surface area contributed by atoms with Crippen molar-refractivity contribution in [3.63, 3.8) is 0 Å². The van der Waals surface area contributed by atoms with Gasteiger partial charge in [0.05, 0.1) is 16.7 Å². The molecule has 0 radical (unpaired) electrons. The molecule has 4 aromatic rings. The van der Waals surface area contributed by atoms with Crippen LogP contribution in [-0.4, -0.2) is 32.9 Å². The van der Waals surface area contributed by atoms with Crippen LogP contribution in [0.2, 0.25) is 0 Å². The van der Waals surface area contributed by atoms with Crippen LogP contribution < -0.4 is 10.6 Å². The van der Waals surface area contributed by atoms with Crippen LogP contribution in [0.1, 0.15) is 21.5 Å². The van der Waals surface area contributed by atoms with Crippen molar-refractivity contribution in [1.82, 2.24) is 10.2 Å². The van der Waals surface area contributed by atoms with E-state index in [1.54, 1.807) is 17.0 Å². The zero-order valence-electron chi connectivity index (χ0n) is 19.8. The molecule has 0 saturated heterocycles. The van der Waals surface area contributed by atoms with E-state index in [0.29, 0.717) is 22.8 Å².